The Morgan fingerprint density at radius 3 is 2.23 bits per heavy atom. The van der Waals surface area contributed by atoms with E-state index < -0.39 is 23.0 Å². The molecule has 0 heterocycles. The van der Waals surface area contributed by atoms with Crippen molar-refractivity contribution in [1.29, 1.82) is 0 Å². The molecule has 2 aromatic rings. The van der Waals surface area contributed by atoms with Crippen LogP contribution < -0.4 is 4.74 Å². The molecule has 0 spiro atoms. The van der Waals surface area contributed by atoms with Crippen LogP contribution in [0.2, 0.25) is 0 Å². The second-order valence-electron chi connectivity index (χ2n) is 4.49. The fourth-order valence-electron chi connectivity index (χ4n) is 1.81. The third-order valence-corrected chi connectivity index (χ3v) is 2.99. The molecule has 0 saturated heterocycles. The first-order chi connectivity index (χ1) is 10.4. The Morgan fingerprint density at radius 2 is 1.64 bits per heavy atom. The zero-order chi connectivity index (χ0) is 16.3. The normalized spacial score (nSPS) is 10.8. The van der Waals surface area contributed by atoms with Crippen LogP contribution in [0.4, 0.5) is 0 Å². The number of benzene rings is 2. The summed E-state index contributed by atoms with van der Waals surface area (Å²) < 4.78 is 4.96. The van der Waals surface area contributed by atoms with E-state index in [4.69, 9.17) is 4.74 Å². The standard InChI is InChI=1S/C16H14O6/c1-22-15-6-9(3-5-12(15)18)2-4-11(17)10-7-13(19)16(21)14(20)8-10/h2-8,18-21H,1H3/b4-2+. The van der Waals surface area contributed by atoms with Gasteiger partial charge in [0.15, 0.2) is 34.5 Å². The molecule has 0 bridgehead atoms. The third-order valence-electron chi connectivity index (χ3n) is 2.99. The molecule has 0 aliphatic heterocycles. The number of methoxy groups -OCH3 is 1. The van der Waals surface area contributed by atoms with Crippen LogP contribution in [0, 0.1) is 0 Å². The summed E-state index contributed by atoms with van der Waals surface area (Å²) in [5.74, 6) is -2.05. The molecule has 0 unspecified atom stereocenters. The van der Waals surface area contributed by atoms with Crippen molar-refractivity contribution in [3.05, 3.63) is 47.5 Å². The Balaban J connectivity index is 2.25. The van der Waals surface area contributed by atoms with E-state index in [-0.39, 0.29) is 17.1 Å². The molecular formula is C16H14O6. The highest BCUT2D eigenvalue weighted by atomic mass is 16.5. The average molecular weight is 302 g/mol. The van der Waals surface area contributed by atoms with Crippen molar-refractivity contribution >= 4 is 11.9 Å². The van der Waals surface area contributed by atoms with Crippen LogP contribution in [-0.4, -0.2) is 33.3 Å². The van der Waals surface area contributed by atoms with E-state index in [2.05, 4.69) is 0 Å². The van der Waals surface area contributed by atoms with Crippen LogP contribution in [0.25, 0.3) is 6.08 Å². The smallest absolute Gasteiger partial charge is 0.200 e. The van der Waals surface area contributed by atoms with Gasteiger partial charge in [0.1, 0.15) is 0 Å². The van der Waals surface area contributed by atoms with Gasteiger partial charge >= 0.3 is 0 Å². The van der Waals surface area contributed by atoms with Gasteiger partial charge in [-0.05, 0) is 35.9 Å². The molecule has 2 aromatic carbocycles. The van der Waals surface area contributed by atoms with Crippen LogP contribution in [0.5, 0.6) is 28.7 Å². The van der Waals surface area contributed by atoms with Crippen LogP contribution in [0.15, 0.2) is 36.4 Å². The lowest BCUT2D eigenvalue weighted by atomic mass is 10.1. The summed E-state index contributed by atoms with van der Waals surface area (Å²) in [6.45, 7) is 0. The molecule has 0 saturated carbocycles. The first-order valence-corrected chi connectivity index (χ1v) is 6.26. The summed E-state index contributed by atoms with van der Waals surface area (Å²) in [6.07, 6.45) is 2.72. The summed E-state index contributed by atoms with van der Waals surface area (Å²) in [7, 11) is 1.41. The SMILES string of the molecule is COc1cc(/C=C/C(=O)c2cc(O)c(O)c(O)c2)ccc1O. The topological polar surface area (TPSA) is 107 Å². The summed E-state index contributed by atoms with van der Waals surface area (Å²) in [6, 6.07) is 6.68. The fourth-order valence-corrected chi connectivity index (χ4v) is 1.81. The number of hydrogen-bond donors (Lipinski definition) is 4. The van der Waals surface area contributed by atoms with Gasteiger partial charge in [0.25, 0.3) is 0 Å². The number of phenols is 4. The van der Waals surface area contributed by atoms with E-state index in [1.807, 2.05) is 0 Å². The number of carbonyl (C=O) groups is 1. The van der Waals surface area contributed by atoms with Gasteiger partial charge < -0.3 is 25.2 Å². The van der Waals surface area contributed by atoms with E-state index in [1.54, 1.807) is 12.1 Å². The molecule has 0 aromatic heterocycles. The number of phenolic OH excluding ortho intramolecular Hbond substituents is 4. The summed E-state index contributed by atoms with van der Waals surface area (Å²) in [5.41, 5.74) is 0.644. The summed E-state index contributed by atoms with van der Waals surface area (Å²) in [5, 5.41) is 37.5. The molecule has 6 nitrogen and oxygen atoms in total. The van der Waals surface area contributed by atoms with Crippen LogP contribution in [-0.2, 0) is 0 Å². The second kappa shape index (κ2) is 6.09. The first-order valence-electron chi connectivity index (χ1n) is 6.26. The van der Waals surface area contributed by atoms with E-state index >= 15 is 0 Å². The minimum absolute atomic E-state index is 0.0145. The monoisotopic (exact) mass is 302 g/mol. The van der Waals surface area contributed by atoms with Gasteiger partial charge in [-0.25, -0.2) is 0 Å². The predicted molar refractivity (Wildman–Crippen MR) is 79.5 cm³/mol. The molecule has 4 N–H and O–H groups in total. The van der Waals surface area contributed by atoms with Crippen LogP contribution in [0.3, 0.4) is 0 Å². The minimum Gasteiger partial charge on any atom is -0.504 e. The highest BCUT2D eigenvalue weighted by molar-refractivity contribution is 6.07. The van der Waals surface area contributed by atoms with Crippen molar-refractivity contribution in [2.75, 3.05) is 7.11 Å². The lowest BCUT2D eigenvalue weighted by Crippen LogP contribution is -1.94. The van der Waals surface area contributed by atoms with Gasteiger partial charge in [0.2, 0.25) is 0 Å². The Hall–Kier alpha value is -3.15. The number of carbonyl (C=O) groups excluding carboxylic acids is 1. The van der Waals surface area contributed by atoms with Gasteiger partial charge in [-0.3, -0.25) is 4.79 Å². The van der Waals surface area contributed by atoms with E-state index in [1.165, 1.54) is 25.3 Å². The van der Waals surface area contributed by atoms with Crippen LogP contribution >= 0.6 is 0 Å². The maximum absolute atomic E-state index is 12.0. The van der Waals surface area contributed by atoms with Gasteiger partial charge in [-0.2, -0.15) is 0 Å². The van der Waals surface area contributed by atoms with Gasteiger partial charge in [0.05, 0.1) is 7.11 Å². The quantitative estimate of drug-likeness (QED) is 0.392. The second-order valence-corrected chi connectivity index (χ2v) is 4.49. The molecule has 0 aliphatic carbocycles. The summed E-state index contributed by atoms with van der Waals surface area (Å²) >= 11 is 0. The Morgan fingerprint density at radius 1 is 1.00 bits per heavy atom. The lowest BCUT2D eigenvalue weighted by molar-refractivity contribution is 0.104. The lowest BCUT2D eigenvalue weighted by Gasteiger charge is -2.04. The van der Waals surface area contributed by atoms with Crippen molar-refractivity contribution in [3.8, 4) is 28.7 Å². The van der Waals surface area contributed by atoms with Crippen molar-refractivity contribution in [2.45, 2.75) is 0 Å². The van der Waals surface area contributed by atoms with Gasteiger partial charge in [-0.1, -0.05) is 12.1 Å². The predicted octanol–water partition coefficient (Wildman–Crippen LogP) is 2.41. The van der Waals surface area contributed by atoms with E-state index in [9.17, 15) is 25.2 Å². The minimum atomic E-state index is -0.677. The number of hydrogen-bond acceptors (Lipinski definition) is 6. The molecule has 0 atom stereocenters. The number of rotatable bonds is 4. The van der Waals surface area contributed by atoms with Crippen molar-refractivity contribution in [3.63, 3.8) is 0 Å². The van der Waals surface area contributed by atoms with Gasteiger partial charge in [-0.15, -0.1) is 0 Å². The fraction of sp³-hybridized carbons (Fsp3) is 0.0625. The zero-order valence-corrected chi connectivity index (χ0v) is 11.6. The number of ether oxygens (including phenoxy) is 1. The maximum Gasteiger partial charge on any atom is 0.200 e. The Labute approximate surface area is 126 Å². The molecule has 114 valence electrons. The molecule has 2 rings (SSSR count). The summed E-state index contributed by atoms with van der Waals surface area (Å²) in [4.78, 5) is 12.0. The van der Waals surface area contributed by atoms with Crippen molar-refractivity contribution < 1.29 is 30.0 Å². The Kier molecular flexibility index (Phi) is 4.22. The number of aromatic hydroxyl groups is 4. The molecule has 6 heteroatoms. The van der Waals surface area contributed by atoms with Crippen molar-refractivity contribution in [2.24, 2.45) is 0 Å². The molecular weight excluding hydrogens is 288 g/mol. The Bertz CT molecular complexity index is 725. The molecule has 0 fully saturated rings. The molecule has 0 radical (unpaired) electrons. The number of ketones is 1. The third kappa shape index (κ3) is 3.12. The molecule has 22 heavy (non-hydrogen) atoms. The highest BCUT2D eigenvalue weighted by Crippen LogP contribution is 2.35. The zero-order valence-electron chi connectivity index (χ0n) is 11.6. The average Bonchev–Trinajstić information content (AvgIpc) is 2.50. The number of allylic oxidation sites excluding steroid dienone is 1. The van der Waals surface area contributed by atoms with Crippen molar-refractivity contribution in [1.82, 2.24) is 0 Å². The van der Waals surface area contributed by atoms with Gasteiger partial charge in [0, 0.05) is 5.56 Å². The first kappa shape index (κ1) is 15.2. The molecule has 0 aliphatic rings. The highest BCUT2D eigenvalue weighted by Gasteiger charge is 2.11. The maximum atomic E-state index is 12.0. The molecule has 0 amide bonds. The van der Waals surface area contributed by atoms with Crippen LogP contribution in [0.1, 0.15) is 15.9 Å². The van der Waals surface area contributed by atoms with E-state index in [0.29, 0.717) is 5.56 Å². The van der Waals surface area contributed by atoms with E-state index in [0.717, 1.165) is 12.1 Å². The largest absolute Gasteiger partial charge is 0.504 e.